The third-order valence-corrected chi connectivity index (χ3v) is 2.85. The molecule has 5 nitrogen and oxygen atoms in total. The number of H-pyrrole nitrogens is 1. The molecule has 0 aliphatic carbocycles. The second-order valence-electron chi connectivity index (χ2n) is 3.45. The number of halogens is 1. The van der Waals surface area contributed by atoms with Gasteiger partial charge >= 0.3 is 0 Å². The average Bonchev–Trinajstić information content (AvgIpc) is 2.81. The number of benzene rings is 1. The van der Waals surface area contributed by atoms with Crippen molar-refractivity contribution in [3.8, 4) is 0 Å². The van der Waals surface area contributed by atoms with Crippen LogP contribution in [0.3, 0.4) is 0 Å². The van der Waals surface area contributed by atoms with Gasteiger partial charge in [0, 0.05) is 10.2 Å². The molecule has 3 rings (SSSR count). The molecule has 0 bridgehead atoms. The van der Waals surface area contributed by atoms with Crippen molar-refractivity contribution >= 4 is 38.6 Å². The number of hydrogen-bond donors (Lipinski definition) is 2. The SMILES string of the molecule is Brc1ccc(Nc2ncnc3[nH]cnc23)cc1. The van der Waals surface area contributed by atoms with Crippen LogP contribution in [0.15, 0.2) is 41.4 Å². The largest absolute Gasteiger partial charge is 0.338 e. The molecular formula is C11H8BrN5. The average molecular weight is 290 g/mol. The first kappa shape index (κ1) is 10.2. The molecule has 2 N–H and O–H groups in total. The van der Waals surface area contributed by atoms with Gasteiger partial charge in [0.25, 0.3) is 0 Å². The molecule has 17 heavy (non-hydrogen) atoms. The summed E-state index contributed by atoms with van der Waals surface area (Å²) >= 11 is 3.39. The van der Waals surface area contributed by atoms with Gasteiger partial charge in [-0.3, -0.25) is 0 Å². The van der Waals surface area contributed by atoms with E-state index < -0.39 is 0 Å². The minimum absolute atomic E-state index is 0.693. The quantitative estimate of drug-likeness (QED) is 0.761. The number of rotatable bonds is 2. The Morgan fingerprint density at radius 3 is 2.71 bits per heavy atom. The van der Waals surface area contributed by atoms with Crippen molar-refractivity contribution in [2.45, 2.75) is 0 Å². The highest BCUT2D eigenvalue weighted by Gasteiger charge is 2.05. The Labute approximate surface area is 105 Å². The standard InChI is InChI=1S/C11H8BrN5/c12-7-1-3-8(4-2-7)17-11-9-10(14-5-13-9)15-6-16-11/h1-6H,(H2,13,14,15,16,17). The molecule has 3 aromatic rings. The Balaban J connectivity index is 1.99. The normalized spacial score (nSPS) is 10.6. The lowest BCUT2D eigenvalue weighted by Crippen LogP contribution is -1.95. The Hall–Kier alpha value is -1.95. The monoisotopic (exact) mass is 289 g/mol. The van der Waals surface area contributed by atoms with Crippen LogP contribution in [0, 0.1) is 0 Å². The van der Waals surface area contributed by atoms with Gasteiger partial charge in [0.1, 0.15) is 6.33 Å². The molecule has 0 radical (unpaired) electrons. The molecule has 0 fully saturated rings. The lowest BCUT2D eigenvalue weighted by molar-refractivity contribution is 1.20. The van der Waals surface area contributed by atoms with Crippen LogP contribution in [0.25, 0.3) is 11.2 Å². The van der Waals surface area contributed by atoms with Gasteiger partial charge < -0.3 is 10.3 Å². The summed E-state index contributed by atoms with van der Waals surface area (Å²) in [4.78, 5) is 15.4. The molecule has 0 spiro atoms. The number of nitrogens with zero attached hydrogens (tertiary/aromatic N) is 3. The van der Waals surface area contributed by atoms with Crippen LogP contribution in [0.1, 0.15) is 0 Å². The fourth-order valence-corrected chi connectivity index (χ4v) is 1.79. The lowest BCUT2D eigenvalue weighted by atomic mass is 10.3. The van der Waals surface area contributed by atoms with Crippen molar-refractivity contribution in [1.82, 2.24) is 19.9 Å². The highest BCUT2D eigenvalue weighted by Crippen LogP contribution is 2.21. The van der Waals surface area contributed by atoms with Crippen LogP contribution in [0.4, 0.5) is 11.5 Å². The summed E-state index contributed by atoms with van der Waals surface area (Å²) < 4.78 is 1.04. The number of imidazole rings is 1. The molecule has 1 aromatic carbocycles. The van der Waals surface area contributed by atoms with Gasteiger partial charge in [-0.2, -0.15) is 0 Å². The Morgan fingerprint density at radius 2 is 1.88 bits per heavy atom. The maximum absolute atomic E-state index is 4.18. The van der Waals surface area contributed by atoms with E-state index in [2.05, 4.69) is 41.2 Å². The van der Waals surface area contributed by atoms with Crippen molar-refractivity contribution in [3.05, 3.63) is 41.4 Å². The highest BCUT2D eigenvalue weighted by molar-refractivity contribution is 9.10. The second-order valence-corrected chi connectivity index (χ2v) is 4.37. The smallest absolute Gasteiger partial charge is 0.162 e. The third-order valence-electron chi connectivity index (χ3n) is 2.32. The maximum Gasteiger partial charge on any atom is 0.162 e. The van der Waals surface area contributed by atoms with Crippen molar-refractivity contribution in [2.24, 2.45) is 0 Å². The third kappa shape index (κ3) is 1.99. The number of aromatic nitrogens is 4. The molecular weight excluding hydrogens is 282 g/mol. The molecule has 0 saturated carbocycles. The van der Waals surface area contributed by atoms with Gasteiger partial charge in [-0.05, 0) is 24.3 Å². The fraction of sp³-hybridized carbons (Fsp3) is 0. The summed E-state index contributed by atoms with van der Waals surface area (Å²) in [7, 11) is 0. The van der Waals surface area contributed by atoms with Gasteiger partial charge in [-0.1, -0.05) is 15.9 Å². The summed E-state index contributed by atoms with van der Waals surface area (Å²) in [6.45, 7) is 0. The maximum atomic E-state index is 4.18. The van der Waals surface area contributed by atoms with Crippen LogP contribution >= 0.6 is 15.9 Å². The molecule has 84 valence electrons. The molecule has 0 amide bonds. The fourth-order valence-electron chi connectivity index (χ4n) is 1.53. The van der Waals surface area contributed by atoms with Gasteiger partial charge in [0.15, 0.2) is 17.0 Å². The van der Waals surface area contributed by atoms with E-state index in [0.29, 0.717) is 5.82 Å². The Kier molecular flexibility index (Phi) is 2.49. The topological polar surface area (TPSA) is 66.5 Å². The first-order valence-electron chi connectivity index (χ1n) is 4.99. The first-order valence-corrected chi connectivity index (χ1v) is 5.79. The van der Waals surface area contributed by atoms with Crippen molar-refractivity contribution in [3.63, 3.8) is 0 Å². The predicted molar refractivity (Wildman–Crippen MR) is 69.1 cm³/mol. The zero-order valence-corrected chi connectivity index (χ0v) is 10.3. The summed E-state index contributed by atoms with van der Waals surface area (Å²) in [6, 6.07) is 7.85. The molecule has 0 saturated heterocycles. The minimum Gasteiger partial charge on any atom is -0.338 e. The number of anilines is 2. The van der Waals surface area contributed by atoms with E-state index in [4.69, 9.17) is 0 Å². The molecule has 0 aliphatic heterocycles. The van der Waals surface area contributed by atoms with Gasteiger partial charge in [-0.15, -0.1) is 0 Å². The zero-order chi connectivity index (χ0) is 11.7. The van der Waals surface area contributed by atoms with E-state index >= 15 is 0 Å². The van der Waals surface area contributed by atoms with E-state index in [1.165, 1.54) is 6.33 Å². The van der Waals surface area contributed by atoms with E-state index in [0.717, 1.165) is 21.3 Å². The van der Waals surface area contributed by atoms with E-state index in [1.807, 2.05) is 24.3 Å². The van der Waals surface area contributed by atoms with Crippen molar-refractivity contribution in [1.29, 1.82) is 0 Å². The second kappa shape index (κ2) is 4.14. The van der Waals surface area contributed by atoms with Gasteiger partial charge in [-0.25, -0.2) is 15.0 Å². The molecule has 0 unspecified atom stereocenters. The Morgan fingerprint density at radius 1 is 1.06 bits per heavy atom. The number of hydrogen-bond acceptors (Lipinski definition) is 4. The predicted octanol–water partition coefficient (Wildman–Crippen LogP) is 2.86. The highest BCUT2D eigenvalue weighted by atomic mass is 79.9. The minimum atomic E-state index is 0.693. The molecule has 6 heteroatoms. The zero-order valence-electron chi connectivity index (χ0n) is 8.68. The summed E-state index contributed by atoms with van der Waals surface area (Å²) in [5.74, 6) is 0.693. The number of aromatic amines is 1. The molecule has 2 heterocycles. The van der Waals surface area contributed by atoms with Crippen LogP contribution in [-0.4, -0.2) is 19.9 Å². The van der Waals surface area contributed by atoms with Gasteiger partial charge in [0.05, 0.1) is 6.33 Å². The van der Waals surface area contributed by atoms with Crippen molar-refractivity contribution in [2.75, 3.05) is 5.32 Å². The van der Waals surface area contributed by atoms with Crippen LogP contribution < -0.4 is 5.32 Å². The van der Waals surface area contributed by atoms with Crippen LogP contribution in [-0.2, 0) is 0 Å². The molecule has 0 atom stereocenters. The summed E-state index contributed by atoms with van der Waals surface area (Å²) in [6.07, 6.45) is 3.10. The number of nitrogens with one attached hydrogen (secondary N) is 2. The van der Waals surface area contributed by atoms with Crippen LogP contribution in [0.2, 0.25) is 0 Å². The van der Waals surface area contributed by atoms with E-state index in [9.17, 15) is 0 Å². The van der Waals surface area contributed by atoms with Gasteiger partial charge in [0.2, 0.25) is 0 Å². The van der Waals surface area contributed by atoms with E-state index in [1.54, 1.807) is 6.33 Å². The van der Waals surface area contributed by atoms with E-state index in [-0.39, 0.29) is 0 Å². The lowest BCUT2D eigenvalue weighted by Gasteiger charge is -2.05. The molecule has 0 aliphatic rings. The first-order chi connectivity index (χ1) is 8.33. The summed E-state index contributed by atoms with van der Waals surface area (Å²) in [5, 5.41) is 3.21. The molecule has 2 aromatic heterocycles. The summed E-state index contributed by atoms with van der Waals surface area (Å²) in [5.41, 5.74) is 2.41. The van der Waals surface area contributed by atoms with Crippen LogP contribution in [0.5, 0.6) is 0 Å². The van der Waals surface area contributed by atoms with Crippen molar-refractivity contribution < 1.29 is 0 Å². The number of fused-ring (bicyclic) bond motifs is 1. The Bertz CT molecular complexity index is 646.